The van der Waals surface area contributed by atoms with Crippen LogP contribution in [0.25, 0.3) is 32.3 Å². The number of nitrogens with zero attached hydrogens (tertiary/aromatic N) is 4. The molecule has 4 aromatic carbocycles. The molecule has 8 amide bonds. The summed E-state index contributed by atoms with van der Waals surface area (Å²) >= 11 is 1.28. The second-order valence-electron chi connectivity index (χ2n) is 22.5. The number of hydrogen-bond acceptors (Lipinski definition) is 25. The maximum atomic E-state index is 14.7. The Labute approximate surface area is 568 Å². The molecule has 94 heavy (non-hydrogen) atoms. The number of nitrogens with one attached hydrogen (secondary N) is 5. The van der Waals surface area contributed by atoms with Crippen molar-refractivity contribution in [3.63, 3.8) is 0 Å². The molecule has 1 aromatic heterocycles. The van der Waals surface area contributed by atoms with Crippen LogP contribution in [0, 0.1) is 5.92 Å². The maximum absolute atomic E-state index is 14.7. The SMILES string of the molecule is COCCCOc1ccc(-c2ccc(-c3nnc(-c4ccc(C(=O)N[C@H]5CC(O)CNC(=O)C6C(O)C(C)CN6C(=O)C(C(O)CC(N)=O)NC(=O)C(C(O)Cc6ccc(O)c(OSOO[O-])c6)NC(=O)C6CC(O)CN6C(=O)C(C(C)O)NC5=O)cc4)s3)cc2)cc1.[Na+]. The molecule has 0 radical (unpaired) electrons. The van der Waals surface area contributed by atoms with Crippen molar-refractivity contribution in [2.45, 2.75) is 119 Å². The van der Waals surface area contributed by atoms with Crippen LogP contribution >= 0.6 is 23.7 Å². The number of rotatable bonds is 21. The molecule has 31 nitrogen and oxygen atoms in total. The number of aliphatic hydroxyl groups is 6. The van der Waals surface area contributed by atoms with Crippen LogP contribution in [0.1, 0.15) is 55.5 Å². The second-order valence-corrected chi connectivity index (χ2v) is 24.0. The largest absolute Gasteiger partial charge is 1.00 e. The molecule has 5 aromatic rings. The number of amides is 8. The zero-order chi connectivity index (χ0) is 67.2. The van der Waals surface area contributed by atoms with E-state index in [9.17, 15) is 79.4 Å². The summed E-state index contributed by atoms with van der Waals surface area (Å²) in [6.45, 7) is 1.96. The summed E-state index contributed by atoms with van der Waals surface area (Å²) in [5.41, 5.74) is 8.78. The zero-order valence-corrected chi connectivity index (χ0v) is 54.9. The van der Waals surface area contributed by atoms with Crippen LogP contribution in [-0.2, 0) is 54.1 Å². The molecular formula is C60H71N10NaO21S2. The van der Waals surface area contributed by atoms with Gasteiger partial charge in [-0.3, -0.25) is 43.4 Å². The van der Waals surface area contributed by atoms with Gasteiger partial charge in [-0.2, -0.15) is 0 Å². The van der Waals surface area contributed by atoms with E-state index in [1.807, 2.05) is 48.5 Å². The van der Waals surface area contributed by atoms with Gasteiger partial charge in [0, 0.05) is 81.6 Å². The smallest absolute Gasteiger partial charge is 0.691 e. The number of methoxy groups -OCH3 is 1. The van der Waals surface area contributed by atoms with E-state index in [0.29, 0.717) is 28.8 Å². The third-order valence-corrected chi connectivity index (χ3v) is 17.1. The Morgan fingerprint density at radius 2 is 1.36 bits per heavy atom. The Hall–Kier alpha value is -7.45. The molecule has 500 valence electrons. The molecule has 3 fully saturated rings. The number of carbonyl (C=O) groups is 8. The summed E-state index contributed by atoms with van der Waals surface area (Å²) in [5.74, 6) is -10.5. The van der Waals surface area contributed by atoms with E-state index in [-0.39, 0.29) is 58.8 Å². The van der Waals surface area contributed by atoms with Gasteiger partial charge in [0.15, 0.2) is 11.5 Å². The fourth-order valence-electron chi connectivity index (χ4n) is 10.8. The van der Waals surface area contributed by atoms with Crippen LogP contribution in [-0.4, -0.2) is 216 Å². The Kier molecular flexibility index (Phi) is 27.0. The van der Waals surface area contributed by atoms with Crippen molar-refractivity contribution in [2.75, 3.05) is 40.0 Å². The first-order chi connectivity index (χ1) is 44.4. The van der Waals surface area contributed by atoms with Crippen LogP contribution in [0.4, 0.5) is 0 Å². The van der Waals surface area contributed by atoms with Crippen molar-refractivity contribution in [2.24, 2.45) is 11.7 Å². The molecule has 4 heterocycles. The van der Waals surface area contributed by atoms with E-state index >= 15 is 0 Å². The number of phenolic OH excluding ortho intramolecular Hbond substituents is 1. The van der Waals surface area contributed by atoms with Crippen molar-refractivity contribution in [3.8, 4) is 49.5 Å². The number of ether oxygens (including phenoxy) is 2. The van der Waals surface area contributed by atoms with Gasteiger partial charge in [-0.15, -0.1) is 14.5 Å². The van der Waals surface area contributed by atoms with Gasteiger partial charge in [0.1, 0.15) is 52.0 Å². The average Bonchev–Trinajstić information content (AvgIpc) is 1.62. The van der Waals surface area contributed by atoms with Crippen LogP contribution in [0.3, 0.4) is 0 Å². The minimum atomic E-state index is -2.23. The number of fused-ring (bicyclic) bond motifs is 2. The van der Waals surface area contributed by atoms with Crippen LogP contribution in [0.2, 0.25) is 0 Å². The van der Waals surface area contributed by atoms with Crippen LogP contribution in [0.5, 0.6) is 17.2 Å². The molecule has 0 bridgehead atoms. The van der Waals surface area contributed by atoms with Crippen molar-refractivity contribution in [3.05, 3.63) is 102 Å². The fourth-order valence-corrected chi connectivity index (χ4v) is 11.9. The summed E-state index contributed by atoms with van der Waals surface area (Å²) in [6, 6.07) is 13.2. The van der Waals surface area contributed by atoms with Gasteiger partial charge in [-0.25, -0.2) is 0 Å². The van der Waals surface area contributed by atoms with Gasteiger partial charge < -0.3 is 96.8 Å². The van der Waals surface area contributed by atoms with E-state index < -0.39 is 177 Å². The van der Waals surface area contributed by atoms with Crippen molar-refractivity contribution in [1.29, 1.82) is 0 Å². The number of hydrogen-bond donors (Lipinski definition) is 13. The normalized spacial score (nSPS) is 24.2. The Morgan fingerprint density at radius 3 is 1.99 bits per heavy atom. The number of carbonyl (C=O) groups excluding carboxylic acids is 8. The minimum Gasteiger partial charge on any atom is -0.691 e. The average molecular weight is 1360 g/mol. The van der Waals surface area contributed by atoms with Gasteiger partial charge in [0.05, 0.1) is 49.7 Å². The van der Waals surface area contributed by atoms with E-state index in [1.165, 1.54) is 36.5 Å². The van der Waals surface area contributed by atoms with Crippen molar-refractivity contribution >= 4 is 70.9 Å². The number of aromatic hydroxyl groups is 1. The van der Waals surface area contributed by atoms with Crippen LogP contribution < -0.4 is 76.1 Å². The number of benzene rings is 4. The van der Waals surface area contributed by atoms with Crippen LogP contribution in [0.15, 0.2) is 91.0 Å². The van der Waals surface area contributed by atoms with Gasteiger partial charge in [0.25, 0.3) is 18.2 Å². The number of aromatic nitrogens is 2. The molecule has 3 aliphatic heterocycles. The minimum absolute atomic E-state index is 0. The number of nitrogens with two attached hydrogens (primary N) is 1. The third-order valence-electron chi connectivity index (χ3n) is 15.7. The van der Waals surface area contributed by atoms with Gasteiger partial charge >= 0.3 is 29.6 Å². The molecule has 0 spiro atoms. The van der Waals surface area contributed by atoms with Crippen molar-refractivity contribution < 1.29 is 132 Å². The van der Waals surface area contributed by atoms with Gasteiger partial charge in [0.2, 0.25) is 41.4 Å². The first-order valence-electron chi connectivity index (χ1n) is 29.3. The van der Waals surface area contributed by atoms with E-state index in [2.05, 4.69) is 46.2 Å². The summed E-state index contributed by atoms with van der Waals surface area (Å²) < 4.78 is 20.0. The number of phenols is 1. The molecule has 34 heteroatoms. The predicted octanol–water partition coefficient (Wildman–Crippen LogP) is -5.35. The molecule has 3 saturated heterocycles. The fraction of sp³-hybridized carbons (Fsp3) is 0.433. The zero-order valence-electron chi connectivity index (χ0n) is 51.3. The van der Waals surface area contributed by atoms with Crippen molar-refractivity contribution in [1.82, 2.24) is 46.6 Å². The summed E-state index contributed by atoms with van der Waals surface area (Å²) in [4.78, 5) is 115. The molecule has 3 aliphatic rings. The Morgan fingerprint density at radius 1 is 0.755 bits per heavy atom. The second kappa shape index (κ2) is 34.3. The first-order valence-corrected chi connectivity index (χ1v) is 30.8. The predicted molar refractivity (Wildman–Crippen MR) is 325 cm³/mol. The van der Waals surface area contributed by atoms with E-state index in [0.717, 1.165) is 57.7 Å². The molecule has 12 unspecified atom stereocenters. The Bertz CT molecular complexity index is 3450. The summed E-state index contributed by atoms with van der Waals surface area (Å²) in [6.07, 6.45) is -13.0. The number of primary amides is 1. The first kappa shape index (κ1) is 74.0. The summed E-state index contributed by atoms with van der Waals surface area (Å²) in [5, 5.41) is 114. The monoisotopic (exact) mass is 1350 g/mol. The molecule has 0 aliphatic carbocycles. The Balaban J connectivity index is 0.0000125. The number of β-amino-alcohol motifs (C(OH)–C–C–N with tert-alkyl or cyclic N) is 1. The number of aliphatic hydroxyl groups excluding tert-OH is 6. The standard InChI is InChI=1S/C60H72N10O21S2.Na/c1-29-27-70-50(51(29)78)56(83)62-26-37(72)23-40(63-52(79)34-8-12-36(13-9-34)58-68-67-57(92-58)35-10-6-32(7-11-35)33-14-16-39(17-15-33)88-20-4-19-87-3)53(80)64-47(30(2)71)59(84)69-28-38(73)24-41(69)54(81)65-48(55(82)66-49(60(70)85)44(76)25-46(61)77)43(75)21-31-5-18-42(74)45(22-31)89-93-91-90-86;/h5-18,22,29-30,37-38,40-41,43-44,47-51,71-76,78,86H,4,19-21,23-28H2,1-3H3,(H2,61,77)(H,62,83)(H,63,79)(H,64,80)(H,65,81)(H,66,82);/q;+1/p-1/t29?,30?,37?,38?,40-,41?,43?,44?,47?,48?,49?,50?,51?;/m0./s1. The van der Waals surface area contributed by atoms with E-state index in [4.69, 9.17) is 19.4 Å². The quantitative estimate of drug-likeness (QED) is 0.0107. The van der Waals surface area contributed by atoms with Gasteiger partial charge in [-0.05, 0) is 60.0 Å². The third kappa shape index (κ3) is 18.9. The maximum Gasteiger partial charge on any atom is 1.00 e. The van der Waals surface area contributed by atoms with E-state index in [1.54, 1.807) is 19.2 Å². The topological polar surface area (TPSA) is 466 Å². The summed E-state index contributed by atoms with van der Waals surface area (Å²) in [7, 11) is 1.64. The molecule has 14 N–H and O–H groups in total. The van der Waals surface area contributed by atoms with Gasteiger partial charge in [-0.1, -0.05) is 72.9 Å². The molecular weight excluding hydrogens is 1280 g/mol. The molecule has 8 rings (SSSR count). The molecule has 0 saturated carbocycles. The molecule has 13 atom stereocenters.